The summed E-state index contributed by atoms with van der Waals surface area (Å²) in [6, 6.07) is 10.2. The second-order valence-electron chi connectivity index (χ2n) is 6.43. The normalized spacial score (nSPS) is 13.8. The van der Waals surface area contributed by atoms with Crippen molar-refractivity contribution in [3.05, 3.63) is 52.5 Å². The second-order valence-corrected chi connectivity index (χ2v) is 7.23. The van der Waals surface area contributed by atoms with Gasteiger partial charge in [0.05, 0.1) is 24.8 Å². The Morgan fingerprint density at radius 2 is 1.64 bits per heavy atom. The number of hydrogen-bond donors (Lipinski definition) is 0. The van der Waals surface area contributed by atoms with Crippen molar-refractivity contribution in [1.82, 2.24) is 4.90 Å². The zero-order valence-electron chi connectivity index (χ0n) is 15.9. The zero-order chi connectivity index (χ0) is 20.1. The number of methoxy groups -OCH3 is 2. The summed E-state index contributed by atoms with van der Waals surface area (Å²) < 4.78 is 16.5. The molecule has 1 heterocycles. The van der Waals surface area contributed by atoms with Gasteiger partial charge in [0.2, 0.25) is 5.75 Å². The quantitative estimate of drug-likeness (QED) is 0.396. The van der Waals surface area contributed by atoms with Crippen LogP contribution in [0.1, 0.15) is 35.2 Å². The van der Waals surface area contributed by atoms with Crippen molar-refractivity contribution in [1.29, 1.82) is 0 Å². The molecule has 28 heavy (non-hydrogen) atoms. The van der Waals surface area contributed by atoms with Gasteiger partial charge in [-0.15, -0.1) is 0 Å². The van der Waals surface area contributed by atoms with E-state index in [0.717, 1.165) is 36.5 Å². The number of hydrogen-bond acceptors (Lipinski definition) is 5. The van der Waals surface area contributed by atoms with E-state index in [1.54, 1.807) is 36.4 Å². The molecule has 1 aliphatic heterocycles. The molecule has 2 aromatic rings. The molecule has 1 saturated heterocycles. The van der Waals surface area contributed by atoms with Crippen LogP contribution in [0.3, 0.4) is 0 Å². The van der Waals surface area contributed by atoms with Gasteiger partial charge in [-0.1, -0.05) is 36.0 Å². The predicted octanol–water partition coefficient (Wildman–Crippen LogP) is 4.74. The number of carbonyl (C=O) groups is 1. The number of esters is 1. The van der Waals surface area contributed by atoms with Crippen molar-refractivity contribution in [3.8, 4) is 17.2 Å². The molecule has 0 saturated carbocycles. The molecular weight excluding hydrogens is 398 g/mol. The molecule has 0 amide bonds. The van der Waals surface area contributed by atoms with Crippen LogP contribution in [0.4, 0.5) is 0 Å². The van der Waals surface area contributed by atoms with Gasteiger partial charge in [-0.05, 0) is 43.5 Å². The highest BCUT2D eigenvalue weighted by Gasteiger charge is 2.23. The fourth-order valence-corrected chi connectivity index (χ4v) is 3.67. The fraction of sp³-hybridized carbons (Fsp3) is 0.333. The number of rotatable bonds is 5. The molecule has 0 spiro atoms. The molecule has 0 unspecified atom stereocenters. The Balaban J connectivity index is 1.92. The van der Waals surface area contributed by atoms with E-state index in [4.69, 9.17) is 38.0 Å². The number of thiocarbonyl (C=S) groups is 1. The van der Waals surface area contributed by atoms with E-state index in [1.165, 1.54) is 20.6 Å². The topological polar surface area (TPSA) is 48.0 Å². The fourth-order valence-electron chi connectivity index (χ4n) is 3.16. The third-order valence-electron chi connectivity index (χ3n) is 4.64. The molecule has 1 aliphatic rings. The van der Waals surface area contributed by atoms with Gasteiger partial charge in [0.15, 0.2) is 11.5 Å². The Morgan fingerprint density at radius 1 is 1.04 bits per heavy atom. The third kappa shape index (κ3) is 4.39. The number of carbonyl (C=O) groups excluding carboxylic acids is 1. The maximum absolute atomic E-state index is 12.6. The number of benzene rings is 2. The summed E-state index contributed by atoms with van der Waals surface area (Å²) in [6.07, 6.45) is 3.48. The van der Waals surface area contributed by atoms with Crippen LogP contribution < -0.4 is 14.2 Å². The molecule has 1 fully saturated rings. The molecule has 5 nitrogen and oxygen atoms in total. The number of nitrogens with zero attached hydrogens (tertiary/aromatic N) is 1. The van der Waals surface area contributed by atoms with Crippen LogP contribution in [0, 0.1) is 0 Å². The van der Waals surface area contributed by atoms with Crippen LogP contribution >= 0.6 is 23.8 Å². The average Bonchev–Trinajstić information content (AvgIpc) is 2.74. The van der Waals surface area contributed by atoms with Crippen molar-refractivity contribution < 1.29 is 19.0 Å². The zero-order valence-corrected chi connectivity index (χ0v) is 17.4. The molecule has 2 aromatic carbocycles. The summed E-state index contributed by atoms with van der Waals surface area (Å²) in [4.78, 5) is 15.5. The van der Waals surface area contributed by atoms with Crippen LogP contribution in [-0.2, 0) is 0 Å². The van der Waals surface area contributed by atoms with Crippen molar-refractivity contribution in [3.63, 3.8) is 0 Å². The van der Waals surface area contributed by atoms with Gasteiger partial charge in [0.25, 0.3) is 0 Å². The first-order valence-corrected chi connectivity index (χ1v) is 9.85. The summed E-state index contributed by atoms with van der Waals surface area (Å²) in [7, 11) is 3.02. The Kier molecular flexibility index (Phi) is 6.75. The highest BCUT2D eigenvalue weighted by Crippen LogP contribution is 2.40. The number of piperidine rings is 1. The molecule has 3 rings (SSSR count). The van der Waals surface area contributed by atoms with E-state index in [0.29, 0.717) is 16.5 Å². The van der Waals surface area contributed by atoms with E-state index >= 15 is 0 Å². The maximum Gasteiger partial charge on any atom is 0.345 e. The van der Waals surface area contributed by atoms with Crippen LogP contribution in [-0.4, -0.2) is 43.2 Å². The van der Waals surface area contributed by atoms with Crippen molar-refractivity contribution >= 4 is 34.8 Å². The molecule has 0 aromatic heterocycles. The van der Waals surface area contributed by atoms with Crippen molar-refractivity contribution in [2.75, 3.05) is 27.3 Å². The van der Waals surface area contributed by atoms with Crippen LogP contribution in [0.15, 0.2) is 36.4 Å². The van der Waals surface area contributed by atoms with Gasteiger partial charge in [-0.25, -0.2) is 4.79 Å². The minimum Gasteiger partial charge on any atom is -0.493 e. The minimum absolute atomic E-state index is 0.195. The number of likely N-dealkylation sites (tertiary alicyclic amines) is 1. The first kappa shape index (κ1) is 20.4. The first-order valence-electron chi connectivity index (χ1n) is 9.07. The largest absolute Gasteiger partial charge is 0.493 e. The van der Waals surface area contributed by atoms with Crippen molar-refractivity contribution in [2.45, 2.75) is 19.3 Å². The van der Waals surface area contributed by atoms with Gasteiger partial charge >= 0.3 is 5.97 Å². The van der Waals surface area contributed by atoms with Gasteiger partial charge in [0, 0.05) is 18.7 Å². The smallest absolute Gasteiger partial charge is 0.345 e. The molecule has 7 heteroatoms. The minimum atomic E-state index is -0.589. The average molecular weight is 420 g/mol. The number of halogens is 1. The SMILES string of the molecule is COc1cc(C(=S)N2CCCCC2)cc(OC)c1OC(=O)c1ccccc1Cl. The Hall–Kier alpha value is -2.31. The van der Waals surface area contributed by atoms with Gasteiger partial charge in [-0.2, -0.15) is 0 Å². The van der Waals surface area contributed by atoms with Gasteiger partial charge < -0.3 is 19.1 Å². The molecule has 0 atom stereocenters. The van der Waals surface area contributed by atoms with E-state index in [1.807, 2.05) is 0 Å². The summed E-state index contributed by atoms with van der Waals surface area (Å²) in [5.41, 5.74) is 1.06. The highest BCUT2D eigenvalue weighted by atomic mass is 35.5. The third-order valence-corrected chi connectivity index (χ3v) is 5.46. The standard InChI is InChI=1S/C21H22ClNO4S/c1-25-17-12-14(20(28)23-10-6-3-7-11-23)13-18(26-2)19(17)27-21(24)15-8-4-5-9-16(15)22/h4-5,8-9,12-13H,3,6-7,10-11H2,1-2H3. The molecule has 0 aliphatic carbocycles. The lowest BCUT2D eigenvalue weighted by Crippen LogP contribution is -2.34. The molecule has 148 valence electrons. The molecule has 0 bridgehead atoms. The molecule has 0 N–H and O–H groups in total. The van der Waals surface area contributed by atoms with Crippen LogP contribution in [0.25, 0.3) is 0 Å². The van der Waals surface area contributed by atoms with E-state index in [9.17, 15) is 4.79 Å². The summed E-state index contributed by atoms with van der Waals surface area (Å²) in [6.45, 7) is 1.87. The van der Waals surface area contributed by atoms with E-state index in [-0.39, 0.29) is 11.3 Å². The lowest BCUT2D eigenvalue weighted by molar-refractivity contribution is 0.0724. The van der Waals surface area contributed by atoms with Crippen molar-refractivity contribution in [2.24, 2.45) is 0 Å². The van der Waals surface area contributed by atoms with Gasteiger partial charge in [0.1, 0.15) is 4.99 Å². The van der Waals surface area contributed by atoms with E-state index < -0.39 is 5.97 Å². The van der Waals surface area contributed by atoms with Crippen LogP contribution in [0.5, 0.6) is 17.2 Å². The summed E-state index contributed by atoms with van der Waals surface area (Å²) in [5.74, 6) is 0.344. The molecule has 0 radical (unpaired) electrons. The predicted molar refractivity (Wildman–Crippen MR) is 113 cm³/mol. The summed E-state index contributed by atoms with van der Waals surface area (Å²) >= 11 is 11.8. The first-order chi connectivity index (χ1) is 13.5. The van der Waals surface area contributed by atoms with Crippen LogP contribution in [0.2, 0.25) is 5.02 Å². The highest BCUT2D eigenvalue weighted by molar-refractivity contribution is 7.80. The molecular formula is C21H22ClNO4S. The monoisotopic (exact) mass is 419 g/mol. The Labute approximate surface area is 175 Å². The Morgan fingerprint density at radius 3 is 2.21 bits per heavy atom. The lowest BCUT2D eigenvalue weighted by atomic mass is 10.1. The van der Waals surface area contributed by atoms with Gasteiger partial charge in [-0.3, -0.25) is 0 Å². The second kappa shape index (κ2) is 9.26. The lowest BCUT2D eigenvalue weighted by Gasteiger charge is -2.29. The number of ether oxygens (including phenoxy) is 3. The Bertz CT molecular complexity index is 855. The summed E-state index contributed by atoms with van der Waals surface area (Å²) in [5, 5.41) is 0.313. The maximum atomic E-state index is 12.6. The van der Waals surface area contributed by atoms with E-state index in [2.05, 4.69) is 4.90 Å².